The lowest BCUT2D eigenvalue weighted by molar-refractivity contribution is -0.121. The molecule has 9 heteroatoms. The van der Waals surface area contributed by atoms with Crippen LogP contribution in [0.5, 0.6) is 0 Å². The van der Waals surface area contributed by atoms with E-state index >= 15 is 0 Å². The van der Waals surface area contributed by atoms with Gasteiger partial charge in [0.15, 0.2) is 5.13 Å². The number of aromatic nitrogens is 2. The molecular formula is C15H15N5O3S. The number of hydrazine groups is 1. The van der Waals surface area contributed by atoms with Gasteiger partial charge < -0.3 is 0 Å². The maximum absolute atomic E-state index is 11.9. The van der Waals surface area contributed by atoms with E-state index in [4.69, 9.17) is 0 Å². The quantitative estimate of drug-likeness (QED) is 0.793. The van der Waals surface area contributed by atoms with E-state index in [2.05, 4.69) is 20.8 Å². The summed E-state index contributed by atoms with van der Waals surface area (Å²) in [5.74, 6) is -0.836. The van der Waals surface area contributed by atoms with Crippen molar-refractivity contribution in [1.29, 1.82) is 0 Å². The summed E-state index contributed by atoms with van der Waals surface area (Å²) in [5, 5.41) is 2.35. The van der Waals surface area contributed by atoms with Crippen LogP contribution in [0.4, 0.5) is 5.13 Å². The largest absolute Gasteiger partial charge is 0.288 e. The van der Waals surface area contributed by atoms with Crippen molar-refractivity contribution in [2.75, 3.05) is 11.4 Å². The molecule has 1 saturated heterocycles. The molecule has 0 aliphatic carbocycles. The summed E-state index contributed by atoms with van der Waals surface area (Å²) < 4.78 is 0. The molecule has 3 rings (SSSR count). The van der Waals surface area contributed by atoms with Crippen LogP contribution in [-0.4, -0.2) is 34.2 Å². The minimum absolute atomic E-state index is 0.0149. The van der Waals surface area contributed by atoms with Gasteiger partial charge in [0, 0.05) is 24.5 Å². The molecule has 3 heterocycles. The van der Waals surface area contributed by atoms with Gasteiger partial charge in [0.2, 0.25) is 11.8 Å². The number of nitrogens with one attached hydrogen (secondary N) is 2. The highest BCUT2D eigenvalue weighted by Crippen LogP contribution is 2.25. The molecule has 1 aliphatic heterocycles. The first kappa shape index (κ1) is 16.1. The first-order chi connectivity index (χ1) is 11.6. The van der Waals surface area contributed by atoms with Crippen LogP contribution in [0.15, 0.2) is 29.8 Å². The first-order valence-electron chi connectivity index (χ1n) is 7.38. The summed E-state index contributed by atoms with van der Waals surface area (Å²) in [6.07, 6.45) is 2.87. The Labute approximate surface area is 141 Å². The van der Waals surface area contributed by atoms with E-state index in [-0.39, 0.29) is 18.0 Å². The molecule has 0 aromatic carbocycles. The molecule has 2 aromatic heterocycles. The molecule has 3 amide bonds. The molecule has 0 unspecified atom stereocenters. The first-order valence-corrected chi connectivity index (χ1v) is 8.26. The number of anilines is 1. The highest BCUT2D eigenvalue weighted by atomic mass is 32.1. The van der Waals surface area contributed by atoms with Gasteiger partial charge in [-0.2, -0.15) is 0 Å². The molecule has 0 saturated carbocycles. The zero-order valence-corrected chi connectivity index (χ0v) is 13.5. The maximum atomic E-state index is 11.9. The molecule has 0 atom stereocenters. The lowest BCUT2D eigenvalue weighted by atomic mass is 10.3. The van der Waals surface area contributed by atoms with Crippen molar-refractivity contribution in [2.45, 2.75) is 19.3 Å². The molecule has 0 bridgehead atoms. The minimum Gasteiger partial charge on any atom is -0.288 e. The Morgan fingerprint density at radius 3 is 2.88 bits per heavy atom. The van der Waals surface area contributed by atoms with E-state index < -0.39 is 11.8 Å². The highest BCUT2D eigenvalue weighted by molar-refractivity contribution is 7.14. The van der Waals surface area contributed by atoms with Gasteiger partial charge in [-0.3, -0.25) is 35.1 Å². The molecule has 0 radical (unpaired) electrons. The Balaban J connectivity index is 1.51. The number of carbonyl (C=O) groups excluding carboxylic acids is 3. The molecule has 2 N–H and O–H groups in total. The molecule has 2 aromatic rings. The second-order valence-electron chi connectivity index (χ2n) is 5.16. The summed E-state index contributed by atoms with van der Waals surface area (Å²) in [7, 11) is 0. The van der Waals surface area contributed by atoms with Crippen LogP contribution in [0.25, 0.3) is 0 Å². The van der Waals surface area contributed by atoms with Gasteiger partial charge in [-0.25, -0.2) is 4.98 Å². The van der Waals surface area contributed by atoms with Gasteiger partial charge >= 0.3 is 0 Å². The summed E-state index contributed by atoms with van der Waals surface area (Å²) in [6.45, 7) is 0.665. The van der Waals surface area contributed by atoms with E-state index in [1.54, 1.807) is 28.5 Å². The number of nitrogens with zero attached hydrogens (tertiary/aromatic N) is 3. The Hall–Kier alpha value is -2.81. The van der Waals surface area contributed by atoms with Crippen LogP contribution in [-0.2, 0) is 16.0 Å². The van der Waals surface area contributed by atoms with Crippen molar-refractivity contribution in [3.05, 3.63) is 41.2 Å². The smallest absolute Gasteiger partial charge is 0.288 e. The molecular weight excluding hydrogens is 330 g/mol. The van der Waals surface area contributed by atoms with Crippen LogP contribution in [0.1, 0.15) is 29.0 Å². The van der Waals surface area contributed by atoms with Crippen molar-refractivity contribution in [3.63, 3.8) is 0 Å². The zero-order chi connectivity index (χ0) is 16.9. The summed E-state index contributed by atoms with van der Waals surface area (Å²) in [6, 6.07) is 4.92. The van der Waals surface area contributed by atoms with Gasteiger partial charge in [0.05, 0.1) is 12.1 Å². The van der Waals surface area contributed by atoms with Crippen LogP contribution < -0.4 is 15.8 Å². The fraction of sp³-hybridized carbons (Fsp3) is 0.267. The third kappa shape index (κ3) is 3.74. The van der Waals surface area contributed by atoms with Gasteiger partial charge in [-0.05, 0) is 18.6 Å². The SMILES string of the molecule is O=C(Cc1csc(N2CCCC2=O)n1)NNC(=O)c1ccccn1. The number of pyridine rings is 1. The molecule has 0 spiro atoms. The summed E-state index contributed by atoms with van der Waals surface area (Å²) in [4.78, 5) is 45.2. The predicted molar refractivity (Wildman–Crippen MR) is 87.3 cm³/mol. The van der Waals surface area contributed by atoms with Crippen LogP contribution in [0.3, 0.4) is 0 Å². The van der Waals surface area contributed by atoms with Crippen LogP contribution in [0, 0.1) is 0 Å². The monoisotopic (exact) mass is 345 g/mol. The Kier molecular flexibility index (Phi) is 4.80. The van der Waals surface area contributed by atoms with Gasteiger partial charge in [0.25, 0.3) is 5.91 Å². The van der Waals surface area contributed by atoms with Crippen molar-refractivity contribution >= 4 is 34.2 Å². The number of carbonyl (C=O) groups is 3. The molecule has 124 valence electrons. The van der Waals surface area contributed by atoms with Crippen molar-refractivity contribution < 1.29 is 14.4 Å². The normalized spacial score (nSPS) is 13.8. The average molecular weight is 345 g/mol. The zero-order valence-electron chi connectivity index (χ0n) is 12.7. The minimum atomic E-state index is -0.495. The summed E-state index contributed by atoms with van der Waals surface area (Å²) >= 11 is 1.33. The standard InChI is InChI=1S/C15H15N5O3S/c21-12(18-19-14(23)11-4-1-2-6-16-11)8-10-9-24-15(17-10)20-7-3-5-13(20)22/h1-2,4,6,9H,3,5,7-8H2,(H,18,21)(H,19,23). The highest BCUT2D eigenvalue weighted by Gasteiger charge is 2.24. The molecule has 8 nitrogen and oxygen atoms in total. The average Bonchev–Trinajstić information content (AvgIpc) is 3.22. The van der Waals surface area contributed by atoms with E-state index in [0.29, 0.717) is 23.8 Å². The lowest BCUT2D eigenvalue weighted by Crippen LogP contribution is -2.42. The number of hydrogen-bond acceptors (Lipinski definition) is 6. The van der Waals surface area contributed by atoms with E-state index in [1.165, 1.54) is 17.5 Å². The maximum Gasteiger partial charge on any atom is 0.288 e. The molecule has 1 fully saturated rings. The van der Waals surface area contributed by atoms with Crippen molar-refractivity contribution in [1.82, 2.24) is 20.8 Å². The van der Waals surface area contributed by atoms with Crippen molar-refractivity contribution in [3.8, 4) is 0 Å². The Bertz CT molecular complexity index is 761. The molecule has 1 aliphatic rings. The third-order valence-electron chi connectivity index (χ3n) is 3.40. The van der Waals surface area contributed by atoms with E-state index in [1.807, 2.05) is 0 Å². The topological polar surface area (TPSA) is 104 Å². The molecule has 24 heavy (non-hydrogen) atoms. The second-order valence-corrected chi connectivity index (χ2v) is 6.00. The van der Waals surface area contributed by atoms with E-state index in [0.717, 1.165) is 6.42 Å². The number of rotatable bonds is 4. The number of hydrogen-bond donors (Lipinski definition) is 2. The lowest BCUT2D eigenvalue weighted by Gasteiger charge is -2.10. The Morgan fingerprint density at radius 2 is 2.17 bits per heavy atom. The third-order valence-corrected chi connectivity index (χ3v) is 4.31. The fourth-order valence-electron chi connectivity index (χ4n) is 2.25. The van der Waals surface area contributed by atoms with Crippen LogP contribution in [0.2, 0.25) is 0 Å². The van der Waals surface area contributed by atoms with Gasteiger partial charge in [-0.1, -0.05) is 6.07 Å². The summed E-state index contributed by atoms with van der Waals surface area (Å²) in [5.41, 5.74) is 5.39. The fourth-order valence-corrected chi connectivity index (χ4v) is 3.12. The van der Waals surface area contributed by atoms with Crippen molar-refractivity contribution in [2.24, 2.45) is 0 Å². The van der Waals surface area contributed by atoms with E-state index in [9.17, 15) is 14.4 Å². The predicted octanol–water partition coefficient (Wildman–Crippen LogP) is 0.669. The van der Waals surface area contributed by atoms with Crippen LogP contribution >= 0.6 is 11.3 Å². The van der Waals surface area contributed by atoms with Gasteiger partial charge in [0.1, 0.15) is 5.69 Å². The Morgan fingerprint density at radius 1 is 1.29 bits per heavy atom. The number of thiazole rings is 1. The number of amides is 3. The second kappa shape index (κ2) is 7.18. The van der Waals surface area contributed by atoms with Gasteiger partial charge in [-0.15, -0.1) is 11.3 Å².